The number of methoxy groups -OCH3 is 1. The minimum atomic E-state index is -2.93. The molecule has 0 aromatic heterocycles. The Hall–Kier alpha value is -2.42. The number of alkyl halides is 2. The molecule has 0 radical (unpaired) electrons. The number of urea groups is 1. The maximum absolute atomic E-state index is 12.4. The van der Waals surface area contributed by atoms with Gasteiger partial charge in [-0.25, -0.2) is 4.79 Å². The van der Waals surface area contributed by atoms with Gasteiger partial charge in [0.05, 0.1) is 7.11 Å². The Morgan fingerprint density at radius 1 is 1.22 bits per heavy atom. The van der Waals surface area contributed by atoms with E-state index in [1.165, 1.54) is 13.2 Å². The molecule has 1 aromatic carbocycles. The van der Waals surface area contributed by atoms with Crippen molar-refractivity contribution in [2.45, 2.75) is 45.9 Å². The number of benzene rings is 1. The molecule has 0 saturated heterocycles. The van der Waals surface area contributed by atoms with Crippen molar-refractivity contribution in [2.24, 2.45) is 0 Å². The summed E-state index contributed by atoms with van der Waals surface area (Å²) >= 11 is 0. The summed E-state index contributed by atoms with van der Waals surface area (Å²) in [5.41, 5.74) is 0.377. The number of carbonyl (C=O) groups excluding carboxylic acids is 2. The zero-order valence-corrected chi connectivity index (χ0v) is 16.3. The normalized spacial score (nSPS) is 11.4. The molecule has 3 amide bonds. The summed E-state index contributed by atoms with van der Waals surface area (Å²) in [5.74, 6) is -0.220. The molecule has 0 aliphatic heterocycles. The van der Waals surface area contributed by atoms with Crippen LogP contribution in [-0.2, 0) is 11.3 Å². The zero-order valence-electron chi connectivity index (χ0n) is 16.3. The van der Waals surface area contributed by atoms with Crippen LogP contribution in [0, 0.1) is 0 Å². The summed E-state index contributed by atoms with van der Waals surface area (Å²) in [6.45, 7) is 3.39. The van der Waals surface area contributed by atoms with Crippen LogP contribution in [0.15, 0.2) is 18.2 Å². The lowest BCUT2D eigenvalue weighted by Crippen LogP contribution is -2.48. The first-order chi connectivity index (χ1) is 12.5. The monoisotopic (exact) mass is 387 g/mol. The molecule has 0 unspecified atom stereocenters. The molecule has 0 aliphatic rings. The van der Waals surface area contributed by atoms with E-state index in [9.17, 15) is 18.4 Å². The quantitative estimate of drug-likeness (QED) is 0.717. The van der Waals surface area contributed by atoms with Gasteiger partial charge in [-0.3, -0.25) is 10.1 Å². The first kappa shape index (κ1) is 22.6. The third-order valence-electron chi connectivity index (χ3n) is 3.36. The Balaban J connectivity index is 2.51. The lowest BCUT2D eigenvalue weighted by Gasteiger charge is -2.21. The first-order valence-electron chi connectivity index (χ1n) is 8.42. The molecule has 0 bridgehead atoms. The molecular formula is C18H27F2N3O4. The SMILES string of the molecule is COc1cc(CN(C)CCC(=O)NC(=O)NC(C)(C)C)ccc1OC(F)F. The molecule has 0 atom stereocenters. The molecule has 0 aliphatic carbocycles. The van der Waals surface area contributed by atoms with Gasteiger partial charge in [0, 0.05) is 25.0 Å². The van der Waals surface area contributed by atoms with Crippen LogP contribution in [0.25, 0.3) is 0 Å². The van der Waals surface area contributed by atoms with Gasteiger partial charge in [0.15, 0.2) is 11.5 Å². The number of rotatable bonds is 8. The topological polar surface area (TPSA) is 79.9 Å². The Labute approximate surface area is 158 Å². The summed E-state index contributed by atoms with van der Waals surface area (Å²) in [6.07, 6.45) is 0.137. The highest BCUT2D eigenvalue weighted by Crippen LogP contribution is 2.29. The van der Waals surface area contributed by atoms with E-state index in [1.807, 2.05) is 25.7 Å². The smallest absolute Gasteiger partial charge is 0.387 e. The molecular weight excluding hydrogens is 360 g/mol. The first-order valence-corrected chi connectivity index (χ1v) is 8.42. The van der Waals surface area contributed by atoms with Crippen molar-refractivity contribution in [1.82, 2.24) is 15.5 Å². The van der Waals surface area contributed by atoms with Crippen molar-refractivity contribution in [3.8, 4) is 11.5 Å². The molecule has 2 N–H and O–H groups in total. The molecule has 1 aromatic rings. The number of carbonyl (C=O) groups is 2. The van der Waals surface area contributed by atoms with Crippen molar-refractivity contribution in [1.29, 1.82) is 0 Å². The predicted octanol–water partition coefficient (Wildman–Crippen LogP) is 2.74. The highest BCUT2D eigenvalue weighted by molar-refractivity contribution is 5.94. The third kappa shape index (κ3) is 9.18. The third-order valence-corrected chi connectivity index (χ3v) is 3.36. The van der Waals surface area contributed by atoms with Gasteiger partial charge in [-0.15, -0.1) is 0 Å². The maximum atomic E-state index is 12.4. The van der Waals surface area contributed by atoms with Gasteiger partial charge in [0.25, 0.3) is 0 Å². The number of nitrogens with one attached hydrogen (secondary N) is 2. The number of ether oxygens (including phenoxy) is 2. The van der Waals surface area contributed by atoms with Gasteiger partial charge >= 0.3 is 12.6 Å². The van der Waals surface area contributed by atoms with Crippen LogP contribution >= 0.6 is 0 Å². The summed E-state index contributed by atoms with van der Waals surface area (Å²) < 4.78 is 34.2. The van der Waals surface area contributed by atoms with E-state index in [2.05, 4.69) is 15.4 Å². The van der Waals surface area contributed by atoms with E-state index < -0.39 is 18.2 Å². The maximum Gasteiger partial charge on any atom is 0.387 e. The van der Waals surface area contributed by atoms with Crippen LogP contribution in [0.5, 0.6) is 11.5 Å². The van der Waals surface area contributed by atoms with E-state index in [0.717, 1.165) is 5.56 Å². The second-order valence-electron chi connectivity index (χ2n) is 7.10. The fourth-order valence-electron chi connectivity index (χ4n) is 2.25. The summed E-state index contributed by atoms with van der Waals surface area (Å²) in [6, 6.07) is 4.13. The van der Waals surface area contributed by atoms with E-state index in [0.29, 0.717) is 13.1 Å². The van der Waals surface area contributed by atoms with Gasteiger partial charge in [0.1, 0.15) is 0 Å². The number of nitrogens with zero attached hydrogens (tertiary/aromatic N) is 1. The number of hydrogen-bond acceptors (Lipinski definition) is 5. The largest absolute Gasteiger partial charge is 0.493 e. The average Bonchev–Trinajstić information content (AvgIpc) is 2.52. The minimum absolute atomic E-state index is 0.0388. The van der Waals surface area contributed by atoms with E-state index in [1.54, 1.807) is 19.2 Å². The van der Waals surface area contributed by atoms with Crippen LogP contribution in [-0.4, -0.2) is 49.7 Å². The number of amides is 3. The summed E-state index contributed by atoms with van der Waals surface area (Å²) in [7, 11) is 3.17. The van der Waals surface area contributed by atoms with Gasteiger partial charge < -0.3 is 19.7 Å². The van der Waals surface area contributed by atoms with Gasteiger partial charge in [-0.05, 0) is 45.5 Å². The fraction of sp³-hybridized carbons (Fsp3) is 0.556. The Morgan fingerprint density at radius 3 is 2.44 bits per heavy atom. The number of halogens is 2. The lowest BCUT2D eigenvalue weighted by molar-refractivity contribution is -0.120. The molecule has 0 spiro atoms. The average molecular weight is 387 g/mol. The molecule has 9 heteroatoms. The molecule has 1 rings (SSSR count). The van der Waals surface area contributed by atoms with E-state index in [-0.39, 0.29) is 23.8 Å². The van der Waals surface area contributed by atoms with Crippen LogP contribution in [0.1, 0.15) is 32.8 Å². The van der Waals surface area contributed by atoms with Crippen molar-refractivity contribution < 1.29 is 27.8 Å². The van der Waals surface area contributed by atoms with Crippen molar-refractivity contribution in [2.75, 3.05) is 20.7 Å². The molecule has 0 heterocycles. The molecule has 152 valence electrons. The van der Waals surface area contributed by atoms with Gasteiger partial charge in [-0.1, -0.05) is 6.07 Å². The summed E-state index contributed by atoms with van der Waals surface area (Å²) in [4.78, 5) is 25.4. The fourth-order valence-corrected chi connectivity index (χ4v) is 2.25. The number of hydrogen-bond donors (Lipinski definition) is 2. The molecule has 7 nitrogen and oxygen atoms in total. The zero-order chi connectivity index (χ0) is 20.6. The minimum Gasteiger partial charge on any atom is -0.493 e. The highest BCUT2D eigenvalue weighted by atomic mass is 19.3. The highest BCUT2D eigenvalue weighted by Gasteiger charge is 2.16. The Kier molecular flexibility index (Phi) is 8.42. The standard InChI is InChI=1S/C18H27F2N3O4/c1-18(2,3)22-17(25)21-15(24)8-9-23(4)11-12-6-7-13(27-16(19)20)14(10-12)26-5/h6-7,10,16H,8-9,11H2,1-5H3,(H2,21,22,24,25). The molecule has 0 saturated carbocycles. The van der Waals surface area contributed by atoms with Crippen molar-refractivity contribution in [3.63, 3.8) is 0 Å². The Bertz CT molecular complexity index is 648. The second-order valence-corrected chi connectivity index (χ2v) is 7.10. The number of imide groups is 1. The van der Waals surface area contributed by atoms with Crippen LogP contribution < -0.4 is 20.1 Å². The van der Waals surface area contributed by atoms with E-state index >= 15 is 0 Å². The van der Waals surface area contributed by atoms with Crippen LogP contribution in [0.2, 0.25) is 0 Å². The van der Waals surface area contributed by atoms with E-state index in [4.69, 9.17) is 4.74 Å². The molecule has 0 fully saturated rings. The van der Waals surface area contributed by atoms with Crippen molar-refractivity contribution in [3.05, 3.63) is 23.8 Å². The van der Waals surface area contributed by atoms with Gasteiger partial charge in [-0.2, -0.15) is 8.78 Å². The lowest BCUT2D eigenvalue weighted by atomic mass is 10.1. The van der Waals surface area contributed by atoms with Crippen LogP contribution in [0.3, 0.4) is 0 Å². The Morgan fingerprint density at radius 2 is 1.89 bits per heavy atom. The predicted molar refractivity (Wildman–Crippen MR) is 97.0 cm³/mol. The summed E-state index contributed by atoms with van der Waals surface area (Å²) in [5, 5.41) is 4.92. The second kappa shape index (κ2) is 10.1. The van der Waals surface area contributed by atoms with Crippen LogP contribution in [0.4, 0.5) is 13.6 Å². The van der Waals surface area contributed by atoms with Crippen molar-refractivity contribution >= 4 is 11.9 Å². The van der Waals surface area contributed by atoms with Gasteiger partial charge in [0.2, 0.25) is 5.91 Å². The molecule has 27 heavy (non-hydrogen) atoms.